The second kappa shape index (κ2) is 7.09. The minimum Gasteiger partial charge on any atom is -0.333 e. The van der Waals surface area contributed by atoms with Crippen LogP contribution in [0.1, 0.15) is 41.6 Å². The maximum Gasteiger partial charge on any atom is 0.234 e. The number of nitrogens with one attached hydrogen (secondary N) is 1. The Bertz CT molecular complexity index is 1110. The number of hydrogen-bond donors (Lipinski definition) is 1. The number of nitrogens with zero attached hydrogens (tertiary/aromatic N) is 4. The van der Waals surface area contributed by atoms with E-state index >= 15 is 0 Å². The standard InChI is InChI=1S/C22H23N5S/c1-14-10-15(2)27-13-19(25-21(27)24-14)20(11-16-8-9-16)28-22-23-12-18(26-22)17-6-4-3-5-7-17/h3-7,10,12-13,16,20H,8-9,11H2,1-2H3,(H,23,26). The average Bonchev–Trinajstić information content (AvgIpc) is 3.21. The van der Waals surface area contributed by atoms with E-state index in [-0.39, 0.29) is 5.25 Å². The summed E-state index contributed by atoms with van der Waals surface area (Å²) in [7, 11) is 0. The summed E-state index contributed by atoms with van der Waals surface area (Å²) < 4.78 is 2.10. The lowest BCUT2D eigenvalue weighted by molar-refractivity contribution is 0.701. The Labute approximate surface area is 168 Å². The van der Waals surface area contributed by atoms with Crippen LogP contribution in [0.25, 0.3) is 17.0 Å². The summed E-state index contributed by atoms with van der Waals surface area (Å²) in [5.74, 6) is 1.60. The molecule has 6 heteroatoms. The molecule has 5 nitrogen and oxygen atoms in total. The Morgan fingerprint density at radius 1 is 1.18 bits per heavy atom. The number of H-pyrrole nitrogens is 1. The van der Waals surface area contributed by atoms with E-state index in [2.05, 4.69) is 50.7 Å². The zero-order valence-electron chi connectivity index (χ0n) is 16.1. The van der Waals surface area contributed by atoms with E-state index in [1.54, 1.807) is 11.8 Å². The number of aryl methyl sites for hydroxylation is 2. The van der Waals surface area contributed by atoms with Crippen LogP contribution in [-0.4, -0.2) is 24.3 Å². The van der Waals surface area contributed by atoms with Crippen molar-refractivity contribution in [2.24, 2.45) is 5.92 Å². The molecule has 5 rings (SSSR count). The third kappa shape index (κ3) is 3.56. The van der Waals surface area contributed by atoms with E-state index in [1.165, 1.54) is 18.5 Å². The van der Waals surface area contributed by atoms with Gasteiger partial charge in [-0.25, -0.2) is 15.0 Å². The van der Waals surface area contributed by atoms with Gasteiger partial charge in [-0.2, -0.15) is 0 Å². The van der Waals surface area contributed by atoms with Crippen LogP contribution in [0.5, 0.6) is 0 Å². The van der Waals surface area contributed by atoms with Crippen molar-refractivity contribution in [3.8, 4) is 11.3 Å². The van der Waals surface area contributed by atoms with Crippen molar-refractivity contribution in [2.45, 2.75) is 43.5 Å². The van der Waals surface area contributed by atoms with Gasteiger partial charge in [0.25, 0.3) is 0 Å². The summed E-state index contributed by atoms with van der Waals surface area (Å²) >= 11 is 1.78. The van der Waals surface area contributed by atoms with Crippen LogP contribution in [0.3, 0.4) is 0 Å². The van der Waals surface area contributed by atoms with Crippen LogP contribution < -0.4 is 0 Å². The fourth-order valence-corrected chi connectivity index (χ4v) is 4.75. The summed E-state index contributed by atoms with van der Waals surface area (Å²) in [5.41, 5.74) is 5.48. The summed E-state index contributed by atoms with van der Waals surface area (Å²) in [4.78, 5) is 17.6. The SMILES string of the molecule is Cc1cc(C)n2cc(C(CC3CC3)Sc3ncc(-c4ccccc4)[nH]3)nc2n1. The molecule has 0 radical (unpaired) electrons. The van der Waals surface area contributed by atoms with Crippen LogP contribution in [0, 0.1) is 19.8 Å². The number of thioether (sulfide) groups is 1. The lowest BCUT2D eigenvalue weighted by Crippen LogP contribution is -1.97. The van der Waals surface area contributed by atoms with Gasteiger partial charge < -0.3 is 4.98 Å². The van der Waals surface area contributed by atoms with E-state index in [1.807, 2.05) is 31.3 Å². The van der Waals surface area contributed by atoms with E-state index in [4.69, 9.17) is 4.98 Å². The number of fused-ring (bicyclic) bond motifs is 1. The molecule has 0 bridgehead atoms. The van der Waals surface area contributed by atoms with Gasteiger partial charge in [0.1, 0.15) is 0 Å². The quantitative estimate of drug-likeness (QED) is 0.450. The first-order valence-electron chi connectivity index (χ1n) is 9.76. The van der Waals surface area contributed by atoms with Gasteiger partial charge in [0, 0.05) is 17.6 Å². The highest BCUT2D eigenvalue weighted by Crippen LogP contribution is 2.45. The van der Waals surface area contributed by atoms with Crippen molar-refractivity contribution in [1.82, 2.24) is 24.3 Å². The second-order valence-electron chi connectivity index (χ2n) is 7.63. The Morgan fingerprint density at radius 2 is 2.00 bits per heavy atom. The summed E-state index contributed by atoms with van der Waals surface area (Å²) in [6.45, 7) is 4.13. The molecular formula is C22H23N5S. The van der Waals surface area contributed by atoms with Crippen molar-refractivity contribution in [1.29, 1.82) is 0 Å². The zero-order chi connectivity index (χ0) is 19.1. The molecule has 0 aliphatic heterocycles. The maximum atomic E-state index is 4.87. The first-order valence-corrected chi connectivity index (χ1v) is 10.6. The van der Waals surface area contributed by atoms with E-state index in [9.17, 15) is 0 Å². The Balaban J connectivity index is 1.45. The molecule has 1 aromatic carbocycles. The van der Waals surface area contributed by atoms with Gasteiger partial charge in [0.2, 0.25) is 5.78 Å². The highest BCUT2D eigenvalue weighted by molar-refractivity contribution is 7.99. The molecule has 28 heavy (non-hydrogen) atoms. The highest BCUT2D eigenvalue weighted by atomic mass is 32.2. The molecule has 1 unspecified atom stereocenters. The van der Waals surface area contributed by atoms with Crippen LogP contribution in [0.15, 0.2) is 53.9 Å². The molecule has 1 fully saturated rings. The van der Waals surface area contributed by atoms with Crippen molar-refractivity contribution >= 4 is 17.5 Å². The number of benzene rings is 1. The van der Waals surface area contributed by atoms with E-state index in [0.29, 0.717) is 0 Å². The minimum absolute atomic E-state index is 0.281. The first-order chi connectivity index (χ1) is 13.7. The van der Waals surface area contributed by atoms with E-state index < -0.39 is 0 Å². The number of aromatic amines is 1. The average molecular weight is 390 g/mol. The second-order valence-corrected chi connectivity index (χ2v) is 8.82. The molecular weight excluding hydrogens is 366 g/mol. The Morgan fingerprint density at radius 3 is 2.79 bits per heavy atom. The first kappa shape index (κ1) is 17.5. The maximum absolute atomic E-state index is 4.87. The molecule has 142 valence electrons. The lowest BCUT2D eigenvalue weighted by atomic mass is 10.2. The summed E-state index contributed by atoms with van der Waals surface area (Å²) in [6, 6.07) is 12.4. The molecule has 1 atom stereocenters. The van der Waals surface area contributed by atoms with Gasteiger partial charge in [-0.05, 0) is 37.8 Å². The van der Waals surface area contributed by atoms with Crippen LogP contribution in [0.2, 0.25) is 0 Å². The molecule has 1 aliphatic rings. The lowest BCUT2D eigenvalue weighted by Gasteiger charge is -2.12. The Hall–Kier alpha value is -2.60. The van der Waals surface area contributed by atoms with Crippen molar-refractivity contribution in [2.75, 3.05) is 0 Å². The van der Waals surface area contributed by atoms with Crippen LogP contribution in [0.4, 0.5) is 0 Å². The van der Waals surface area contributed by atoms with Gasteiger partial charge in [0.15, 0.2) is 5.16 Å². The van der Waals surface area contributed by atoms with Gasteiger partial charge >= 0.3 is 0 Å². The fraction of sp³-hybridized carbons (Fsp3) is 0.318. The van der Waals surface area contributed by atoms with Gasteiger partial charge in [-0.1, -0.05) is 54.9 Å². The minimum atomic E-state index is 0.281. The predicted octanol–water partition coefficient (Wildman–Crippen LogP) is 5.37. The van der Waals surface area contributed by atoms with Crippen molar-refractivity contribution in [3.05, 3.63) is 65.9 Å². The fourth-order valence-electron chi connectivity index (χ4n) is 3.59. The summed E-state index contributed by atoms with van der Waals surface area (Å²) in [6.07, 6.45) is 7.86. The third-order valence-corrected chi connectivity index (χ3v) is 6.39. The van der Waals surface area contributed by atoms with Gasteiger partial charge in [0.05, 0.1) is 22.8 Å². The van der Waals surface area contributed by atoms with Gasteiger partial charge in [-0.15, -0.1) is 0 Å². The normalized spacial score (nSPS) is 15.2. The number of hydrogen-bond acceptors (Lipinski definition) is 4. The zero-order valence-corrected chi connectivity index (χ0v) is 16.9. The van der Waals surface area contributed by atoms with Crippen molar-refractivity contribution in [3.63, 3.8) is 0 Å². The molecule has 0 spiro atoms. The smallest absolute Gasteiger partial charge is 0.234 e. The summed E-state index contributed by atoms with van der Waals surface area (Å²) in [5, 5.41) is 1.23. The highest BCUT2D eigenvalue weighted by Gasteiger charge is 2.29. The topological polar surface area (TPSA) is 58.9 Å². The number of rotatable bonds is 6. The molecule has 1 aliphatic carbocycles. The van der Waals surface area contributed by atoms with E-state index in [0.717, 1.165) is 45.9 Å². The molecule has 1 N–H and O–H groups in total. The predicted molar refractivity (Wildman–Crippen MR) is 112 cm³/mol. The number of aromatic nitrogens is 5. The Kier molecular flexibility index (Phi) is 4.43. The molecule has 3 aromatic heterocycles. The molecule has 3 heterocycles. The molecule has 4 aromatic rings. The van der Waals surface area contributed by atoms with Crippen molar-refractivity contribution < 1.29 is 0 Å². The number of imidazole rings is 2. The molecule has 1 saturated carbocycles. The molecule has 0 saturated heterocycles. The van der Waals surface area contributed by atoms with Gasteiger partial charge in [-0.3, -0.25) is 4.40 Å². The third-order valence-electron chi connectivity index (χ3n) is 5.25. The van der Waals surface area contributed by atoms with Crippen LogP contribution >= 0.6 is 11.8 Å². The monoisotopic (exact) mass is 389 g/mol. The largest absolute Gasteiger partial charge is 0.333 e. The molecule has 0 amide bonds. The van der Waals surface area contributed by atoms with Crippen LogP contribution in [-0.2, 0) is 0 Å².